The van der Waals surface area contributed by atoms with Crippen LogP contribution in [0.25, 0.3) is 0 Å². The molecule has 158 valence electrons. The van der Waals surface area contributed by atoms with Crippen molar-refractivity contribution in [2.75, 3.05) is 20.3 Å². The lowest BCUT2D eigenvalue weighted by molar-refractivity contribution is -0.124. The average Bonchev–Trinajstić information content (AvgIpc) is 2.98. The van der Waals surface area contributed by atoms with E-state index >= 15 is 0 Å². The van der Waals surface area contributed by atoms with E-state index in [0.717, 1.165) is 18.6 Å². The minimum absolute atomic E-state index is 0.0233. The Balaban J connectivity index is 2.08. The number of benzene rings is 1. The summed E-state index contributed by atoms with van der Waals surface area (Å²) >= 11 is 0. The maximum Gasteiger partial charge on any atom is 0.296 e. The molecule has 1 amide bonds. The summed E-state index contributed by atoms with van der Waals surface area (Å²) in [5, 5.41) is 8.89. The number of hydrogen-bond acceptors (Lipinski definition) is 8. The third-order valence-corrected chi connectivity index (χ3v) is 6.06. The molecule has 1 aromatic rings. The molecule has 0 saturated heterocycles. The zero-order valence-corrected chi connectivity index (χ0v) is 17.8. The second kappa shape index (κ2) is 8.50. The van der Waals surface area contributed by atoms with Crippen molar-refractivity contribution in [1.29, 1.82) is 0 Å². The Morgan fingerprint density at radius 2 is 1.97 bits per heavy atom. The van der Waals surface area contributed by atoms with Crippen LogP contribution in [0.1, 0.15) is 39.2 Å². The number of hydrazone groups is 1. The Labute approximate surface area is 170 Å². The molecule has 3 rings (SSSR count). The molecule has 0 bridgehead atoms. The standard InChI is InChI=1S/C19H26N4O5S/c1-5-8-14-16-17(23(4)22-14)19(24)21-18(20-16)13-11-12(29(25,26)28-7-3)9-10-15(13)27-6-2/h9-11,16-17H,5-8H2,1-4H3,(H,20,21,24). The molecule has 0 saturated carbocycles. The summed E-state index contributed by atoms with van der Waals surface area (Å²) in [4.78, 5) is 17.5. The molecule has 0 aliphatic carbocycles. The lowest BCUT2D eigenvalue weighted by Crippen LogP contribution is -2.54. The van der Waals surface area contributed by atoms with Gasteiger partial charge in [-0.2, -0.15) is 13.5 Å². The molecular weight excluding hydrogens is 396 g/mol. The van der Waals surface area contributed by atoms with Gasteiger partial charge in [0.15, 0.2) is 6.04 Å². The Morgan fingerprint density at radius 1 is 1.21 bits per heavy atom. The van der Waals surface area contributed by atoms with Crippen LogP contribution in [0.3, 0.4) is 0 Å². The van der Waals surface area contributed by atoms with Crippen molar-refractivity contribution in [3.05, 3.63) is 23.8 Å². The van der Waals surface area contributed by atoms with Gasteiger partial charge in [0, 0.05) is 7.05 Å². The number of amides is 1. The molecule has 10 heteroatoms. The molecule has 9 nitrogen and oxygen atoms in total. The minimum atomic E-state index is -3.92. The Hall–Kier alpha value is -2.46. The third-order valence-electron chi connectivity index (χ3n) is 4.68. The highest BCUT2D eigenvalue weighted by atomic mass is 32.2. The van der Waals surface area contributed by atoms with Crippen molar-refractivity contribution in [3.8, 4) is 5.75 Å². The number of amidine groups is 1. The van der Waals surface area contributed by atoms with E-state index in [1.807, 2.05) is 13.8 Å². The SMILES string of the molecule is CCCC1=NN(C)C2C(=O)NC(c3cc(S(=O)(=O)OCC)ccc3OCC)=NC12. The predicted molar refractivity (Wildman–Crippen MR) is 109 cm³/mol. The first-order valence-corrected chi connectivity index (χ1v) is 11.1. The number of nitrogens with zero attached hydrogens (tertiary/aromatic N) is 3. The normalized spacial score (nSPS) is 21.4. The quantitative estimate of drug-likeness (QED) is 0.636. The van der Waals surface area contributed by atoms with E-state index in [0.29, 0.717) is 17.9 Å². The molecule has 2 aliphatic heterocycles. The fourth-order valence-corrected chi connectivity index (χ4v) is 4.42. The lowest BCUT2D eigenvalue weighted by atomic mass is 9.98. The highest BCUT2D eigenvalue weighted by molar-refractivity contribution is 7.86. The fourth-order valence-electron chi connectivity index (χ4n) is 3.48. The highest BCUT2D eigenvalue weighted by Crippen LogP contribution is 2.28. The molecule has 29 heavy (non-hydrogen) atoms. The van der Waals surface area contributed by atoms with Crippen molar-refractivity contribution in [2.24, 2.45) is 10.1 Å². The van der Waals surface area contributed by atoms with Crippen LogP contribution < -0.4 is 10.1 Å². The number of carbonyl (C=O) groups excluding carboxylic acids is 1. The minimum Gasteiger partial charge on any atom is -0.493 e. The maximum atomic E-state index is 12.8. The Bertz CT molecular complexity index is 957. The number of hydrogen-bond donors (Lipinski definition) is 1. The van der Waals surface area contributed by atoms with Crippen LogP contribution in [0, 0.1) is 0 Å². The summed E-state index contributed by atoms with van der Waals surface area (Å²) in [7, 11) is -2.17. The molecule has 2 atom stereocenters. The highest BCUT2D eigenvalue weighted by Gasteiger charge is 2.43. The molecule has 1 aromatic carbocycles. The van der Waals surface area contributed by atoms with Gasteiger partial charge in [-0.1, -0.05) is 13.3 Å². The van der Waals surface area contributed by atoms with Crippen LogP contribution in [-0.4, -0.2) is 63.2 Å². The summed E-state index contributed by atoms with van der Waals surface area (Å²) in [5.41, 5.74) is 1.23. The lowest BCUT2D eigenvalue weighted by Gasteiger charge is -2.28. The van der Waals surface area contributed by atoms with Crippen molar-refractivity contribution < 1.29 is 22.1 Å². The van der Waals surface area contributed by atoms with E-state index in [-0.39, 0.29) is 23.2 Å². The van der Waals surface area contributed by atoms with Gasteiger partial charge in [-0.3, -0.25) is 19.0 Å². The van der Waals surface area contributed by atoms with Gasteiger partial charge in [0.2, 0.25) is 0 Å². The van der Waals surface area contributed by atoms with E-state index in [2.05, 4.69) is 10.4 Å². The first kappa shape index (κ1) is 21.3. The molecule has 0 fully saturated rings. The monoisotopic (exact) mass is 422 g/mol. The van der Waals surface area contributed by atoms with Gasteiger partial charge in [-0.25, -0.2) is 0 Å². The maximum absolute atomic E-state index is 12.8. The molecular formula is C19H26N4O5S. The number of fused-ring (bicyclic) bond motifs is 1. The third kappa shape index (κ3) is 4.13. The van der Waals surface area contributed by atoms with E-state index in [1.54, 1.807) is 25.0 Å². The summed E-state index contributed by atoms with van der Waals surface area (Å²) < 4.78 is 35.2. The molecule has 0 aromatic heterocycles. The average molecular weight is 423 g/mol. The largest absolute Gasteiger partial charge is 0.493 e. The van der Waals surface area contributed by atoms with Gasteiger partial charge in [0.1, 0.15) is 17.6 Å². The smallest absolute Gasteiger partial charge is 0.296 e. The number of rotatable bonds is 8. The second-order valence-electron chi connectivity index (χ2n) is 6.72. The van der Waals surface area contributed by atoms with Crippen LogP contribution in [-0.2, 0) is 19.1 Å². The predicted octanol–water partition coefficient (Wildman–Crippen LogP) is 1.53. The van der Waals surface area contributed by atoms with Crippen molar-refractivity contribution in [2.45, 2.75) is 50.6 Å². The van der Waals surface area contributed by atoms with Crippen LogP contribution in [0.2, 0.25) is 0 Å². The summed E-state index contributed by atoms with van der Waals surface area (Å²) in [6, 6.07) is 3.47. The van der Waals surface area contributed by atoms with Gasteiger partial charge < -0.3 is 10.1 Å². The van der Waals surface area contributed by atoms with Crippen molar-refractivity contribution >= 4 is 27.6 Å². The van der Waals surface area contributed by atoms with E-state index < -0.39 is 22.2 Å². The summed E-state index contributed by atoms with van der Waals surface area (Å²) in [5.74, 6) is 0.464. The fraction of sp³-hybridized carbons (Fsp3) is 0.526. The molecule has 0 radical (unpaired) electrons. The first-order chi connectivity index (χ1) is 13.8. The van der Waals surface area contributed by atoms with Crippen molar-refractivity contribution in [3.63, 3.8) is 0 Å². The van der Waals surface area contributed by atoms with Gasteiger partial charge in [0.25, 0.3) is 16.0 Å². The van der Waals surface area contributed by atoms with Gasteiger partial charge in [0.05, 0.1) is 29.4 Å². The summed E-state index contributed by atoms with van der Waals surface area (Å²) in [6.07, 6.45) is 1.61. The Morgan fingerprint density at radius 3 is 2.62 bits per heavy atom. The van der Waals surface area contributed by atoms with Crippen LogP contribution >= 0.6 is 0 Å². The van der Waals surface area contributed by atoms with E-state index in [9.17, 15) is 13.2 Å². The second-order valence-corrected chi connectivity index (χ2v) is 8.34. The molecule has 2 aliphatic rings. The summed E-state index contributed by atoms with van der Waals surface area (Å²) in [6.45, 7) is 5.87. The molecule has 1 N–H and O–H groups in total. The first-order valence-electron chi connectivity index (χ1n) is 9.67. The Kier molecular flexibility index (Phi) is 6.23. The van der Waals surface area contributed by atoms with E-state index in [4.69, 9.17) is 13.9 Å². The number of nitrogens with one attached hydrogen (secondary N) is 1. The van der Waals surface area contributed by atoms with Crippen LogP contribution in [0.4, 0.5) is 0 Å². The van der Waals surface area contributed by atoms with E-state index in [1.165, 1.54) is 12.1 Å². The van der Waals surface area contributed by atoms with Gasteiger partial charge >= 0.3 is 0 Å². The zero-order valence-electron chi connectivity index (χ0n) is 17.0. The number of carbonyl (C=O) groups is 1. The topological polar surface area (TPSA) is 110 Å². The molecule has 2 heterocycles. The van der Waals surface area contributed by atoms with Crippen LogP contribution in [0.15, 0.2) is 33.2 Å². The molecule has 0 spiro atoms. The van der Waals surface area contributed by atoms with Gasteiger partial charge in [-0.05, 0) is 38.5 Å². The zero-order chi connectivity index (χ0) is 21.2. The molecule has 2 unspecified atom stereocenters. The number of aliphatic imine (C=N–C) groups is 1. The van der Waals surface area contributed by atoms with Crippen molar-refractivity contribution in [1.82, 2.24) is 10.3 Å². The number of likely N-dealkylation sites (N-methyl/N-ethyl adjacent to an activating group) is 1. The van der Waals surface area contributed by atoms with Crippen LogP contribution in [0.5, 0.6) is 5.75 Å². The number of ether oxygens (including phenoxy) is 1. The van der Waals surface area contributed by atoms with Gasteiger partial charge in [-0.15, -0.1) is 0 Å².